The second-order valence-corrected chi connectivity index (χ2v) is 7.94. The van der Waals surface area contributed by atoms with Gasteiger partial charge in [-0.3, -0.25) is 9.69 Å². The number of ether oxygens (including phenoxy) is 3. The number of carbonyl (C=O) groups excluding carboxylic acids is 1. The molecule has 0 aromatic heterocycles. The molecular weight excluding hydrogens is 394 g/mol. The number of carbonyl (C=O) groups is 1. The molecular formula is C25H33NO5. The zero-order valence-corrected chi connectivity index (χ0v) is 18.3. The highest BCUT2D eigenvalue weighted by Gasteiger charge is 2.43. The third-order valence-corrected chi connectivity index (χ3v) is 5.65. The van der Waals surface area contributed by atoms with E-state index in [0.29, 0.717) is 32.8 Å². The lowest BCUT2D eigenvalue weighted by atomic mass is 9.77. The van der Waals surface area contributed by atoms with Crippen LogP contribution >= 0.6 is 0 Å². The number of rotatable bonds is 11. The van der Waals surface area contributed by atoms with Gasteiger partial charge in [0.1, 0.15) is 18.1 Å². The van der Waals surface area contributed by atoms with Crippen molar-refractivity contribution in [2.24, 2.45) is 5.41 Å². The molecule has 1 fully saturated rings. The fourth-order valence-electron chi connectivity index (χ4n) is 4.11. The zero-order valence-electron chi connectivity index (χ0n) is 18.3. The average Bonchev–Trinajstić information content (AvgIpc) is 2.80. The van der Waals surface area contributed by atoms with Gasteiger partial charge in [-0.25, -0.2) is 0 Å². The molecule has 0 unspecified atom stereocenters. The van der Waals surface area contributed by atoms with E-state index in [2.05, 4.69) is 4.90 Å². The Morgan fingerprint density at radius 2 is 1.74 bits per heavy atom. The molecule has 2 aromatic carbocycles. The maximum atomic E-state index is 13.0. The number of hydrogen-bond acceptors (Lipinski definition) is 6. The van der Waals surface area contributed by atoms with Crippen LogP contribution in [0.1, 0.15) is 31.7 Å². The molecule has 1 aliphatic rings. The molecule has 31 heavy (non-hydrogen) atoms. The minimum Gasteiger partial charge on any atom is -0.494 e. The molecule has 0 radical (unpaired) electrons. The van der Waals surface area contributed by atoms with Gasteiger partial charge in [0.2, 0.25) is 0 Å². The van der Waals surface area contributed by atoms with Gasteiger partial charge in [-0.05, 0) is 62.6 Å². The van der Waals surface area contributed by atoms with E-state index in [1.165, 1.54) is 0 Å². The first-order valence-electron chi connectivity index (χ1n) is 11.1. The van der Waals surface area contributed by atoms with Gasteiger partial charge in [0.25, 0.3) is 0 Å². The van der Waals surface area contributed by atoms with Crippen LogP contribution in [0.4, 0.5) is 0 Å². The first-order valence-corrected chi connectivity index (χ1v) is 11.1. The highest BCUT2D eigenvalue weighted by Crippen LogP contribution is 2.36. The number of aliphatic hydroxyl groups is 1. The molecule has 0 bridgehead atoms. The van der Waals surface area contributed by atoms with Gasteiger partial charge in [0.05, 0.1) is 25.2 Å². The van der Waals surface area contributed by atoms with Gasteiger partial charge in [0, 0.05) is 13.1 Å². The Labute approximate surface area is 184 Å². The van der Waals surface area contributed by atoms with Gasteiger partial charge in [-0.15, -0.1) is 0 Å². The molecule has 0 amide bonds. The predicted molar refractivity (Wildman–Crippen MR) is 119 cm³/mol. The fraction of sp³-hybridized carbons (Fsp3) is 0.480. The largest absolute Gasteiger partial charge is 0.494 e. The van der Waals surface area contributed by atoms with Gasteiger partial charge in [0.15, 0.2) is 0 Å². The number of aliphatic hydroxyl groups excluding tert-OH is 1. The molecule has 0 spiro atoms. The molecule has 6 nitrogen and oxygen atoms in total. The summed E-state index contributed by atoms with van der Waals surface area (Å²) in [6.45, 7) is 5.38. The van der Waals surface area contributed by atoms with E-state index < -0.39 is 5.41 Å². The van der Waals surface area contributed by atoms with Gasteiger partial charge >= 0.3 is 5.97 Å². The van der Waals surface area contributed by atoms with Crippen molar-refractivity contribution in [3.63, 3.8) is 0 Å². The smallest absolute Gasteiger partial charge is 0.313 e. The van der Waals surface area contributed by atoms with Crippen LogP contribution in [0.5, 0.6) is 11.5 Å². The third-order valence-electron chi connectivity index (χ3n) is 5.65. The zero-order chi connectivity index (χ0) is 21.9. The summed E-state index contributed by atoms with van der Waals surface area (Å²) < 4.78 is 16.8. The number of nitrogens with zero attached hydrogens (tertiary/aromatic N) is 1. The van der Waals surface area contributed by atoms with Crippen molar-refractivity contribution in [2.75, 3.05) is 39.5 Å². The van der Waals surface area contributed by atoms with Crippen molar-refractivity contribution in [2.45, 2.75) is 32.7 Å². The summed E-state index contributed by atoms with van der Waals surface area (Å²) >= 11 is 0. The molecule has 3 rings (SSSR count). The lowest BCUT2D eigenvalue weighted by Crippen LogP contribution is -2.49. The molecule has 1 saturated heterocycles. The van der Waals surface area contributed by atoms with E-state index in [4.69, 9.17) is 19.3 Å². The normalized spacial score (nSPS) is 19.0. The highest BCUT2D eigenvalue weighted by atomic mass is 16.5. The van der Waals surface area contributed by atoms with Crippen LogP contribution in [0.25, 0.3) is 0 Å². The van der Waals surface area contributed by atoms with E-state index in [0.717, 1.165) is 43.0 Å². The number of likely N-dealkylation sites (tertiary alicyclic amines) is 1. The minimum absolute atomic E-state index is 0.000538. The average molecular weight is 428 g/mol. The maximum Gasteiger partial charge on any atom is 0.313 e. The Kier molecular flexibility index (Phi) is 8.74. The third kappa shape index (κ3) is 6.71. The van der Waals surface area contributed by atoms with E-state index >= 15 is 0 Å². The fourth-order valence-corrected chi connectivity index (χ4v) is 4.11. The molecule has 0 aliphatic carbocycles. The summed E-state index contributed by atoms with van der Waals surface area (Å²) in [6, 6.07) is 17.6. The molecule has 0 saturated carbocycles. The van der Waals surface area contributed by atoms with Gasteiger partial charge in [-0.2, -0.15) is 0 Å². The molecule has 1 aliphatic heterocycles. The van der Waals surface area contributed by atoms with Crippen molar-refractivity contribution in [3.05, 3.63) is 60.2 Å². The quantitative estimate of drug-likeness (QED) is 0.552. The molecule has 1 heterocycles. The van der Waals surface area contributed by atoms with E-state index in [-0.39, 0.29) is 12.6 Å². The van der Waals surface area contributed by atoms with Crippen LogP contribution in [0.2, 0.25) is 0 Å². The predicted octanol–water partition coefficient (Wildman–Crippen LogP) is 3.67. The number of benzene rings is 2. The Morgan fingerprint density at radius 1 is 1.03 bits per heavy atom. The second-order valence-electron chi connectivity index (χ2n) is 7.94. The Hall–Kier alpha value is -2.57. The molecule has 6 heteroatoms. The Morgan fingerprint density at radius 3 is 2.45 bits per heavy atom. The SMILES string of the molecule is CCOC(=O)[C@]1(CCOc2ccccc2)CCCN(Cc2ccc(OCCO)cc2)C1. The summed E-state index contributed by atoms with van der Waals surface area (Å²) in [5.41, 5.74) is 0.615. The van der Waals surface area contributed by atoms with E-state index in [9.17, 15) is 4.79 Å². The molecule has 1 atom stereocenters. The standard InChI is InChI=1S/C25H33NO5/c1-2-29-24(28)25(14-17-30-22-7-4-3-5-8-22)13-6-15-26(20-25)19-21-9-11-23(12-10-21)31-18-16-27/h3-5,7-12,27H,2,6,13-20H2,1H3/t25-/m0/s1. The van der Waals surface area contributed by atoms with Crippen LogP contribution in [0.3, 0.4) is 0 Å². The first kappa shape index (κ1) is 23.1. The van der Waals surface area contributed by atoms with Crippen molar-refractivity contribution in [1.82, 2.24) is 4.90 Å². The van der Waals surface area contributed by atoms with Crippen LogP contribution in [-0.4, -0.2) is 55.5 Å². The minimum atomic E-state index is -0.548. The first-order chi connectivity index (χ1) is 15.1. The number of piperidine rings is 1. The Bertz CT molecular complexity index is 795. The second kappa shape index (κ2) is 11.7. The molecule has 1 N–H and O–H groups in total. The summed E-state index contributed by atoms with van der Waals surface area (Å²) in [6.07, 6.45) is 2.39. The van der Waals surface area contributed by atoms with Crippen molar-refractivity contribution < 1.29 is 24.1 Å². The van der Waals surface area contributed by atoms with Crippen LogP contribution in [0.15, 0.2) is 54.6 Å². The summed E-state index contributed by atoms with van der Waals surface area (Å²) in [7, 11) is 0. The van der Waals surface area contributed by atoms with Crippen LogP contribution in [-0.2, 0) is 16.1 Å². The number of para-hydroxylation sites is 1. The number of hydrogen-bond donors (Lipinski definition) is 1. The lowest BCUT2D eigenvalue weighted by molar-refractivity contribution is -0.160. The van der Waals surface area contributed by atoms with Crippen LogP contribution in [0, 0.1) is 5.41 Å². The maximum absolute atomic E-state index is 13.0. The van der Waals surface area contributed by atoms with Crippen LogP contribution < -0.4 is 9.47 Å². The summed E-state index contributed by atoms with van der Waals surface area (Å²) in [4.78, 5) is 15.3. The Balaban J connectivity index is 1.63. The molecule has 168 valence electrons. The monoisotopic (exact) mass is 427 g/mol. The lowest BCUT2D eigenvalue weighted by Gasteiger charge is -2.41. The topological polar surface area (TPSA) is 68.2 Å². The van der Waals surface area contributed by atoms with E-state index in [1.54, 1.807) is 0 Å². The van der Waals surface area contributed by atoms with Gasteiger partial charge in [-0.1, -0.05) is 30.3 Å². The van der Waals surface area contributed by atoms with Gasteiger partial charge < -0.3 is 19.3 Å². The molecule has 2 aromatic rings. The van der Waals surface area contributed by atoms with Crippen molar-refractivity contribution >= 4 is 5.97 Å². The summed E-state index contributed by atoms with van der Waals surface area (Å²) in [5, 5.41) is 8.88. The van der Waals surface area contributed by atoms with E-state index in [1.807, 2.05) is 61.5 Å². The highest BCUT2D eigenvalue weighted by molar-refractivity contribution is 5.77. The van der Waals surface area contributed by atoms with Crippen molar-refractivity contribution in [1.29, 1.82) is 0 Å². The number of esters is 1. The van der Waals surface area contributed by atoms with Crippen molar-refractivity contribution in [3.8, 4) is 11.5 Å². The summed E-state index contributed by atoms with van der Waals surface area (Å²) in [5.74, 6) is 1.44.